The number of esters is 1. The van der Waals surface area contributed by atoms with Gasteiger partial charge in [-0.05, 0) is 25.0 Å². The number of carbonyl (C=O) groups excluding carboxylic acids is 1. The zero-order chi connectivity index (χ0) is 18.5. The van der Waals surface area contributed by atoms with Crippen molar-refractivity contribution in [2.24, 2.45) is 7.05 Å². The third kappa shape index (κ3) is 3.94. The highest BCUT2D eigenvalue weighted by Crippen LogP contribution is 2.27. The van der Waals surface area contributed by atoms with E-state index in [-0.39, 0.29) is 6.42 Å². The Hall–Kier alpha value is -2.66. The first-order valence-corrected chi connectivity index (χ1v) is 8.92. The third-order valence-corrected chi connectivity index (χ3v) is 4.54. The molecular weight excluding hydrogens is 328 g/mol. The Kier molecular flexibility index (Phi) is 5.68. The molecule has 1 N–H and O–H groups in total. The number of para-hydroxylation sites is 1. The summed E-state index contributed by atoms with van der Waals surface area (Å²) in [5.74, 6) is 0.553. The number of aliphatic hydroxyl groups excluding tert-OH is 1. The molecule has 0 aliphatic rings. The van der Waals surface area contributed by atoms with Gasteiger partial charge in [-0.15, -0.1) is 0 Å². The molecule has 0 bridgehead atoms. The summed E-state index contributed by atoms with van der Waals surface area (Å²) in [6.07, 6.45) is 0.721. The normalized spacial score (nSPS) is 12.3. The van der Waals surface area contributed by atoms with Crippen LogP contribution in [0.1, 0.15) is 36.4 Å². The lowest BCUT2D eigenvalue weighted by molar-refractivity contribution is -0.145. The molecule has 0 saturated carbocycles. The summed E-state index contributed by atoms with van der Waals surface area (Å²) in [6, 6.07) is 16.0. The number of benzene rings is 2. The maximum Gasteiger partial charge on any atom is 0.308 e. The van der Waals surface area contributed by atoms with E-state index in [1.165, 1.54) is 5.56 Å². The molecule has 0 aliphatic carbocycles. The fourth-order valence-electron chi connectivity index (χ4n) is 3.17. The van der Waals surface area contributed by atoms with Gasteiger partial charge in [0, 0.05) is 19.0 Å². The molecule has 5 heteroatoms. The summed E-state index contributed by atoms with van der Waals surface area (Å²) in [7, 11) is 1.98. The van der Waals surface area contributed by atoms with Crippen molar-refractivity contribution in [2.45, 2.75) is 32.3 Å². The molecule has 0 radical (unpaired) electrons. The summed E-state index contributed by atoms with van der Waals surface area (Å²) in [5.41, 5.74) is 3.63. The summed E-state index contributed by atoms with van der Waals surface area (Å²) in [6.45, 7) is 2.06. The zero-order valence-electron chi connectivity index (χ0n) is 15.2. The first-order chi connectivity index (χ1) is 12.6. The minimum absolute atomic E-state index is 0.0666. The van der Waals surface area contributed by atoms with Gasteiger partial charge in [-0.1, -0.05) is 42.5 Å². The highest BCUT2D eigenvalue weighted by Gasteiger charge is 2.19. The Labute approximate surface area is 153 Å². The minimum Gasteiger partial charge on any atom is -0.466 e. The lowest BCUT2D eigenvalue weighted by atomic mass is 10.1. The van der Waals surface area contributed by atoms with Gasteiger partial charge in [0.2, 0.25) is 0 Å². The molecule has 3 rings (SSSR count). The van der Waals surface area contributed by atoms with Gasteiger partial charge in [0.05, 0.1) is 30.2 Å². The number of fused-ring (bicyclic) bond motifs is 1. The quantitative estimate of drug-likeness (QED) is 0.662. The molecule has 5 nitrogen and oxygen atoms in total. The van der Waals surface area contributed by atoms with Crippen LogP contribution in [0.4, 0.5) is 0 Å². The third-order valence-electron chi connectivity index (χ3n) is 4.54. The van der Waals surface area contributed by atoms with Crippen LogP contribution in [0.2, 0.25) is 0 Å². The fraction of sp³-hybridized carbons (Fsp3) is 0.333. The molecule has 0 aliphatic heterocycles. The molecule has 1 heterocycles. The number of hydrogen-bond acceptors (Lipinski definition) is 4. The number of aromatic nitrogens is 2. The topological polar surface area (TPSA) is 64.3 Å². The number of nitrogens with zero attached hydrogens (tertiary/aromatic N) is 2. The van der Waals surface area contributed by atoms with Gasteiger partial charge >= 0.3 is 5.97 Å². The van der Waals surface area contributed by atoms with Gasteiger partial charge < -0.3 is 14.4 Å². The van der Waals surface area contributed by atoms with Crippen LogP contribution < -0.4 is 0 Å². The van der Waals surface area contributed by atoms with Gasteiger partial charge in [-0.2, -0.15) is 0 Å². The first-order valence-electron chi connectivity index (χ1n) is 8.92. The second-order valence-corrected chi connectivity index (χ2v) is 6.31. The average Bonchev–Trinajstić information content (AvgIpc) is 2.97. The van der Waals surface area contributed by atoms with Crippen LogP contribution in [-0.4, -0.2) is 27.2 Å². The SMILES string of the molecule is CCOC(=O)CC(O)c1cccc2c1nc(CCc1ccccc1)n2C. The first kappa shape index (κ1) is 18.1. The molecule has 1 atom stereocenters. The van der Waals surface area contributed by atoms with Crippen molar-refractivity contribution in [3.8, 4) is 0 Å². The molecule has 0 saturated heterocycles. The van der Waals surface area contributed by atoms with E-state index in [2.05, 4.69) is 16.7 Å². The summed E-state index contributed by atoms with van der Waals surface area (Å²) >= 11 is 0. The summed E-state index contributed by atoms with van der Waals surface area (Å²) in [5, 5.41) is 10.5. The van der Waals surface area contributed by atoms with Gasteiger partial charge in [-0.3, -0.25) is 4.79 Å². The van der Waals surface area contributed by atoms with Crippen molar-refractivity contribution in [2.75, 3.05) is 6.61 Å². The lowest BCUT2D eigenvalue weighted by Gasteiger charge is -2.11. The van der Waals surface area contributed by atoms with E-state index in [0.717, 1.165) is 29.7 Å². The molecule has 1 unspecified atom stereocenters. The van der Waals surface area contributed by atoms with Gasteiger partial charge in [0.1, 0.15) is 5.82 Å². The number of carbonyl (C=O) groups is 1. The van der Waals surface area contributed by atoms with E-state index < -0.39 is 12.1 Å². The Morgan fingerprint density at radius 1 is 1.15 bits per heavy atom. The Bertz CT molecular complexity index is 887. The van der Waals surface area contributed by atoms with Gasteiger partial charge in [-0.25, -0.2) is 4.98 Å². The highest BCUT2D eigenvalue weighted by molar-refractivity contribution is 5.81. The van der Waals surface area contributed by atoms with Crippen molar-refractivity contribution in [3.05, 3.63) is 65.5 Å². The zero-order valence-corrected chi connectivity index (χ0v) is 15.2. The second kappa shape index (κ2) is 8.15. The Morgan fingerprint density at radius 3 is 2.65 bits per heavy atom. The summed E-state index contributed by atoms with van der Waals surface area (Å²) < 4.78 is 6.99. The molecule has 136 valence electrons. The molecule has 3 aromatic rings. The number of rotatable bonds is 7. The van der Waals surface area contributed by atoms with Crippen molar-refractivity contribution in [3.63, 3.8) is 0 Å². The smallest absolute Gasteiger partial charge is 0.308 e. The van der Waals surface area contributed by atoms with Crippen LogP contribution in [-0.2, 0) is 29.4 Å². The molecule has 1 aromatic heterocycles. The van der Waals surface area contributed by atoms with Crippen LogP contribution in [0.5, 0.6) is 0 Å². The predicted octanol–water partition coefficient (Wildman–Crippen LogP) is 3.35. The van der Waals surface area contributed by atoms with Crippen LogP contribution >= 0.6 is 0 Å². The van der Waals surface area contributed by atoms with E-state index in [4.69, 9.17) is 9.72 Å². The van der Waals surface area contributed by atoms with Gasteiger partial charge in [0.15, 0.2) is 0 Å². The van der Waals surface area contributed by atoms with Crippen LogP contribution in [0.15, 0.2) is 48.5 Å². The molecule has 26 heavy (non-hydrogen) atoms. The van der Waals surface area contributed by atoms with E-state index in [1.54, 1.807) is 6.92 Å². The van der Waals surface area contributed by atoms with E-state index in [0.29, 0.717) is 12.2 Å². The van der Waals surface area contributed by atoms with E-state index in [9.17, 15) is 9.90 Å². The fourth-order valence-corrected chi connectivity index (χ4v) is 3.17. The molecule has 0 amide bonds. The van der Waals surface area contributed by atoms with Gasteiger partial charge in [0.25, 0.3) is 0 Å². The van der Waals surface area contributed by atoms with E-state index in [1.807, 2.05) is 43.4 Å². The average molecular weight is 352 g/mol. The molecular formula is C21H24N2O3. The predicted molar refractivity (Wildman–Crippen MR) is 101 cm³/mol. The van der Waals surface area contributed by atoms with Crippen LogP contribution in [0.3, 0.4) is 0 Å². The summed E-state index contributed by atoms with van der Waals surface area (Å²) in [4.78, 5) is 16.4. The standard InChI is InChI=1S/C21H24N2O3/c1-3-26-20(25)14-18(24)16-10-7-11-17-21(16)22-19(23(17)2)13-12-15-8-5-4-6-9-15/h4-11,18,24H,3,12-14H2,1-2H3. The van der Waals surface area contributed by atoms with Crippen molar-refractivity contribution < 1.29 is 14.6 Å². The molecule has 2 aromatic carbocycles. The maximum atomic E-state index is 11.7. The Balaban J connectivity index is 1.84. The van der Waals surface area contributed by atoms with Crippen molar-refractivity contribution >= 4 is 17.0 Å². The number of imidazole rings is 1. The maximum absolute atomic E-state index is 11.7. The largest absolute Gasteiger partial charge is 0.466 e. The Morgan fingerprint density at radius 2 is 1.92 bits per heavy atom. The molecule has 0 fully saturated rings. The van der Waals surface area contributed by atoms with Crippen LogP contribution in [0.25, 0.3) is 11.0 Å². The van der Waals surface area contributed by atoms with Crippen LogP contribution in [0, 0.1) is 0 Å². The number of hydrogen-bond donors (Lipinski definition) is 1. The number of aliphatic hydroxyl groups is 1. The molecule has 0 spiro atoms. The number of ether oxygens (including phenoxy) is 1. The second-order valence-electron chi connectivity index (χ2n) is 6.31. The highest BCUT2D eigenvalue weighted by atomic mass is 16.5. The lowest BCUT2D eigenvalue weighted by Crippen LogP contribution is -2.10. The number of aryl methyl sites for hydroxylation is 3. The van der Waals surface area contributed by atoms with Crippen molar-refractivity contribution in [1.29, 1.82) is 0 Å². The minimum atomic E-state index is -0.922. The van der Waals surface area contributed by atoms with Crippen molar-refractivity contribution in [1.82, 2.24) is 9.55 Å². The van der Waals surface area contributed by atoms with E-state index >= 15 is 0 Å². The monoisotopic (exact) mass is 352 g/mol.